The van der Waals surface area contributed by atoms with Gasteiger partial charge in [-0.25, -0.2) is 0 Å². The van der Waals surface area contributed by atoms with Crippen LogP contribution in [-0.4, -0.2) is 42.4 Å². The van der Waals surface area contributed by atoms with E-state index in [4.69, 9.17) is 9.47 Å². The molecule has 4 rings (SSSR count). The lowest BCUT2D eigenvalue weighted by Gasteiger charge is -2.43. The van der Waals surface area contributed by atoms with Crippen LogP contribution >= 0.6 is 0 Å². The molecule has 2 aliphatic heterocycles. The molecular weight excluding hydrogens is 328 g/mol. The summed E-state index contributed by atoms with van der Waals surface area (Å²) in [6.45, 7) is 2.27. The van der Waals surface area contributed by atoms with Crippen LogP contribution in [0.4, 0.5) is 0 Å². The molecule has 2 fully saturated rings. The second kappa shape index (κ2) is 7.80. The highest BCUT2D eigenvalue weighted by atomic mass is 16.5. The van der Waals surface area contributed by atoms with E-state index in [0.29, 0.717) is 6.42 Å². The van der Waals surface area contributed by atoms with Crippen molar-refractivity contribution in [2.24, 2.45) is 0 Å². The number of nitrogens with one attached hydrogen (secondary N) is 2. The highest BCUT2D eigenvalue weighted by molar-refractivity contribution is 5.83. The summed E-state index contributed by atoms with van der Waals surface area (Å²) in [5.74, 6) is 0.166. The Kier molecular flexibility index (Phi) is 5.27. The van der Waals surface area contributed by atoms with Crippen LogP contribution in [0.3, 0.4) is 0 Å². The van der Waals surface area contributed by atoms with Crippen molar-refractivity contribution in [2.45, 2.75) is 56.6 Å². The van der Waals surface area contributed by atoms with Crippen LogP contribution < -0.4 is 5.32 Å². The van der Waals surface area contributed by atoms with Crippen molar-refractivity contribution in [2.75, 3.05) is 19.8 Å². The summed E-state index contributed by atoms with van der Waals surface area (Å²) in [6, 6.07) is 8.56. The number of ether oxygens (including phenoxy) is 2. The van der Waals surface area contributed by atoms with Gasteiger partial charge >= 0.3 is 0 Å². The van der Waals surface area contributed by atoms with Gasteiger partial charge in [0, 0.05) is 49.4 Å². The van der Waals surface area contributed by atoms with Crippen LogP contribution in [0.1, 0.15) is 44.1 Å². The van der Waals surface area contributed by atoms with Gasteiger partial charge in [-0.3, -0.25) is 4.79 Å². The fraction of sp³-hybridized carbons (Fsp3) is 0.571. The van der Waals surface area contributed by atoms with Crippen molar-refractivity contribution < 1.29 is 14.3 Å². The van der Waals surface area contributed by atoms with Gasteiger partial charge in [0.1, 0.15) is 0 Å². The van der Waals surface area contributed by atoms with E-state index in [2.05, 4.69) is 34.7 Å². The van der Waals surface area contributed by atoms with Gasteiger partial charge in [-0.1, -0.05) is 18.2 Å². The van der Waals surface area contributed by atoms with Crippen LogP contribution in [0, 0.1) is 0 Å². The second-order valence-electron chi connectivity index (χ2n) is 7.61. The molecule has 26 heavy (non-hydrogen) atoms. The lowest BCUT2D eigenvalue weighted by atomic mass is 9.84. The lowest BCUT2D eigenvalue weighted by Crippen LogP contribution is -2.51. The molecule has 0 radical (unpaired) electrons. The van der Waals surface area contributed by atoms with E-state index in [9.17, 15) is 4.79 Å². The molecule has 0 bridgehead atoms. The van der Waals surface area contributed by atoms with Gasteiger partial charge in [0.25, 0.3) is 0 Å². The molecule has 0 saturated carbocycles. The largest absolute Gasteiger partial charge is 0.381 e. The normalized spacial score (nSPS) is 22.5. The molecule has 140 valence electrons. The monoisotopic (exact) mass is 356 g/mol. The fourth-order valence-electron chi connectivity index (χ4n) is 4.32. The zero-order valence-electron chi connectivity index (χ0n) is 15.3. The van der Waals surface area contributed by atoms with Gasteiger partial charge < -0.3 is 19.8 Å². The lowest BCUT2D eigenvalue weighted by molar-refractivity contribution is -0.144. The van der Waals surface area contributed by atoms with Crippen molar-refractivity contribution in [3.63, 3.8) is 0 Å². The Morgan fingerprint density at radius 2 is 2.08 bits per heavy atom. The number of fused-ring (bicyclic) bond motifs is 1. The quantitative estimate of drug-likeness (QED) is 0.864. The zero-order chi connectivity index (χ0) is 17.8. The summed E-state index contributed by atoms with van der Waals surface area (Å²) in [5.41, 5.74) is 2.38. The van der Waals surface area contributed by atoms with Crippen molar-refractivity contribution in [3.05, 3.63) is 36.0 Å². The van der Waals surface area contributed by atoms with Crippen LogP contribution in [0.15, 0.2) is 30.5 Å². The van der Waals surface area contributed by atoms with Crippen LogP contribution in [-0.2, 0) is 20.7 Å². The summed E-state index contributed by atoms with van der Waals surface area (Å²) in [5, 5.41) is 4.50. The maximum Gasteiger partial charge on any atom is 0.220 e. The number of H-pyrrole nitrogens is 1. The Balaban J connectivity index is 1.25. The molecule has 5 heteroatoms. The minimum Gasteiger partial charge on any atom is -0.381 e. The molecule has 1 aromatic heterocycles. The standard InChI is InChI=1S/C21H28N2O3/c24-20(7-3-4-16-15-22-19-6-2-1-5-18(16)19)23-17-8-11-26-21(14-17)9-12-25-13-10-21/h1-2,5-6,15,17,22H,3-4,7-14H2,(H,23,24)/t17-/m0/s1. The third-order valence-corrected chi connectivity index (χ3v) is 5.79. The molecule has 0 aliphatic carbocycles. The van der Waals surface area contributed by atoms with E-state index in [1.807, 2.05) is 6.07 Å². The van der Waals surface area contributed by atoms with Gasteiger partial charge in [-0.2, -0.15) is 0 Å². The Morgan fingerprint density at radius 1 is 1.23 bits per heavy atom. The summed E-state index contributed by atoms with van der Waals surface area (Å²) in [4.78, 5) is 15.7. The van der Waals surface area contributed by atoms with Gasteiger partial charge in [-0.05, 0) is 50.2 Å². The maximum atomic E-state index is 12.4. The molecule has 2 N–H and O–H groups in total. The third kappa shape index (κ3) is 3.94. The average molecular weight is 356 g/mol. The Morgan fingerprint density at radius 3 is 2.96 bits per heavy atom. The molecule has 2 saturated heterocycles. The average Bonchev–Trinajstić information content (AvgIpc) is 3.06. The number of hydrogen-bond donors (Lipinski definition) is 2. The van der Waals surface area contributed by atoms with E-state index in [1.54, 1.807) is 0 Å². The van der Waals surface area contributed by atoms with Crippen molar-refractivity contribution in [3.8, 4) is 0 Å². The zero-order valence-corrected chi connectivity index (χ0v) is 15.3. The Hall–Kier alpha value is -1.85. The first-order chi connectivity index (χ1) is 12.7. The summed E-state index contributed by atoms with van der Waals surface area (Å²) < 4.78 is 11.5. The molecular formula is C21H28N2O3. The first kappa shape index (κ1) is 17.6. The molecule has 2 aromatic rings. The molecule has 5 nitrogen and oxygen atoms in total. The predicted molar refractivity (Wildman–Crippen MR) is 101 cm³/mol. The first-order valence-electron chi connectivity index (χ1n) is 9.80. The molecule has 1 aromatic carbocycles. The highest BCUT2D eigenvalue weighted by Gasteiger charge is 2.39. The molecule has 1 atom stereocenters. The third-order valence-electron chi connectivity index (χ3n) is 5.79. The van der Waals surface area contributed by atoms with E-state index >= 15 is 0 Å². The number of rotatable bonds is 5. The SMILES string of the molecule is O=C(CCCc1c[nH]c2ccccc12)N[C@H]1CCOC2(CCOCC2)C1. The van der Waals surface area contributed by atoms with Crippen LogP contribution in [0.25, 0.3) is 10.9 Å². The predicted octanol–water partition coefficient (Wildman–Crippen LogP) is 3.34. The van der Waals surface area contributed by atoms with Crippen molar-refractivity contribution in [1.29, 1.82) is 0 Å². The number of carbonyl (C=O) groups excluding carboxylic acids is 1. The first-order valence-corrected chi connectivity index (χ1v) is 9.80. The summed E-state index contributed by atoms with van der Waals surface area (Å²) in [7, 11) is 0. The smallest absolute Gasteiger partial charge is 0.220 e. The fourth-order valence-corrected chi connectivity index (χ4v) is 4.32. The number of aromatic nitrogens is 1. The number of benzene rings is 1. The summed E-state index contributed by atoms with van der Waals surface area (Å²) in [6.07, 6.45) is 8.16. The van der Waals surface area contributed by atoms with Crippen molar-refractivity contribution >= 4 is 16.8 Å². The van der Waals surface area contributed by atoms with Gasteiger partial charge in [0.05, 0.1) is 5.60 Å². The van der Waals surface area contributed by atoms with E-state index in [-0.39, 0.29) is 17.6 Å². The Labute approximate surface area is 154 Å². The minimum absolute atomic E-state index is 0.0709. The van der Waals surface area contributed by atoms with E-state index in [1.165, 1.54) is 10.9 Å². The molecule has 3 heterocycles. The molecule has 0 unspecified atom stereocenters. The van der Waals surface area contributed by atoms with Gasteiger partial charge in [-0.15, -0.1) is 0 Å². The highest BCUT2D eigenvalue weighted by Crippen LogP contribution is 2.34. The van der Waals surface area contributed by atoms with Gasteiger partial charge in [0.2, 0.25) is 5.91 Å². The number of hydrogen-bond acceptors (Lipinski definition) is 3. The number of aromatic amines is 1. The van der Waals surface area contributed by atoms with Gasteiger partial charge in [0.15, 0.2) is 0 Å². The van der Waals surface area contributed by atoms with E-state index in [0.717, 1.165) is 63.9 Å². The van der Waals surface area contributed by atoms with E-state index < -0.39 is 0 Å². The Bertz CT molecular complexity index is 743. The topological polar surface area (TPSA) is 63.4 Å². The number of carbonyl (C=O) groups is 1. The van der Waals surface area contributed by atoms with Crippen molar-refractivity contribution in [1.82, 2.24) is 10.3 Å². The summed E-state index contributed by atoms with van der Waals surface area (Å²) >= 11 is 0. The van der Waals surface area contributed by atoms with Crippen LogP contribution in [0.5, 0.6) is 0 Å². The number of amides is 1. The maximum absolute atomic E-state index is 12.4. The number of para-hydroxylation sites is 1. The second-order valence-corrected chi connectivity index (χ2v) is 7.61. The number of aryl methyl sites for hydroxylation is 1. The molecule has 1 spiro atoms. The minimum atomic E-state index is -0.0709. The molecule has 1 amide bonds. The van der Waals surface area contributed by atoms with Crippen LogP contribution in [0.2, 0.25) is 0 Å². The molecule has 2 aliphatic rings.